The molecule has 0 aliphatic carbocycles. The highest BCUT2D eigenvalue weighted by Crippen LogP contribution is 2.47. The fourth-order valence-electron chi connectivity index (χ4n) is 4.86. The molecular formula is C23H26N2O3. The van der Waals surface area contributed by atoms with E-state index in [1.165, 1.54) is 16.8 Å². The average Bonchev–Trinajstić information content (AvgIpc) is 3.31. The second kappa shape index (κ2) is 7.22. The molecule has 1 amide bonds. The molecule has 0 bridgehead atoms. The van der Waals surface area contributed by atoms with Crippen molar-refractivity contribution in [3.05, 3.63) is 65.7 Å². The van der Waals surface area contributed by atoms with Crippen molar-refractivity contribution < 1.29 is 14.3 Å². The van der Waals surface area contributed by atoms with Crippen LogP contribution < -0.4 is 4.90 Å². The van der Waals surface area contributed by atoms with Crippen LogP contribution in [0.4, 0.5) is 5.69 Å². The summed E-state index contributed by atoms with van der Waals surface area (Å²) in [6, 6.07) is 19.2. The van der Waals surface area contributed by atoms with Gasteiger partial charge in [-0.1, -0.05) is 48.5 Å². The van der Waals surface area contributed by atoms with Crippen LogP contribution in [0, 0.1) is 0 Å². The first-order chi connectivity index (χ1) is 13.8. The highest BCUT2D eigenvalue weighted by molar-refractivity contribution is 5.82. The van der Waals surface area contributed by atoms with Crippen molar-refractivity contribution in [2.24, 2.45) is 0 Å². The molecular weight excluding hydrogens is 352 g/mol. The Bertz CT molecular complexity index is 850. The van der Waals surface area contributed by atoms with Crippen LogP contribution in [0.2, 0.25) is 0 Å². The van der Waals surface area contributed by atoms with Crippen LogP contribution in [-0.2, 0) is 26.2 Å². The summed E-state index contributed by atoms with van der Waals surface area (Å²) in [5, 5.41) is 0. The first kappa shape index (κ1) is 17.7. The Balaban J connectivity index is 1.37. The van der Waals surface area contributed by atoms with Crippen molar-refractivity contribution >= 4 is 11.6 Å². The molecule has 28 heavy (non-hydrogen) atoms. The van der Waals surface area contributed by atoms with Crippen LogP contribution in [0.15, 0.2) is 54.6 Å². The fourth-order valence-corrected chi connectivity index (χ4v) is 4.86. The lowest BCUT2D eigenvalue weighted by Crippen LogP contribution is -2.46. The molecule has 5 heteroatoms. The molecule has 2 aromatic rings. The molecule has 5 rings (SSSR count). The van der Waals surface area contributed by atoms with E-state index in [1.54, 1.807) is 0 Å². The third kappa shape index (κ3) is 3.09. The number of amides is 1. The van der Waals surface area contributed by atoms with Gasteiger partial charge in [-0.2, -0.15) is 0 Å². The average molecular weight is 378 g/mol. The molecule has 2 atom stereocenters. The van der Waals surface area contributed by atoms with Gasteiger partial charge >= 0.3 is 0 Å². The molecule has 0 saturated carbocycles. The van der Waals surface area contributed by atoms with Crippen LogP contribution >= 0.6 is 0 Å². The summed E-state index contributed by atoms with van der Waals surface area (Å²) < 4.78 is 11.5. The molecule has 2 unspecified atom stereocenters. The Labute approximate surface area is 165 Å². The van der Waals surface area contributed by atoms with Gasteiger partial charge in [-0.25, -0.2) is 0 Å². The molecule has 1 spiro atoms. The van der Waals surface area contributed by atoms with Crippen molar-refractivity contribution in [2.45, 2.75) is 24.5 Å². The summed E-state index contributed by atoms with van der Waals surface area (Å²) in [6.07, 6.45) is 0.411. The quantitative estimate of drug-likeness (QED) is 0.823. The number of hydrogen-bond acceptors (Lipinski definition) is 4. The Kier molecular flexibility index (Phi) is 4.57. The second-order valence-electron chi connectivity index (χ2n) is 8.08. The summed E-state index contributed by atoms with van der Waals surface area (Å²) >= 11 is 0. The molecule has 146 valence electrons. The normalized spacial score (nSPS) is 26.6. The Morgan fingerprint density at radius 1 is 1.04 bits per heavy atom. The van der Waals surface area contributed by atoms with Gasteiger partial charge in [0.2, 0.25) is 0 Å². The number of rotatable bonds is 3. The maximum absolute atomic E-state index is 13.0. The third-order valence-corrected chi connectivity index (χ3v) is 6.26. The second-order valence-corrected chi connectivity index (χ2v) is 8.08. The Hall–Kier alpha value is -2.37. The molecule has 3 aliphatic heterocycles. The summed E-state index contributed by atoms with van der Waals surface area (Å²) in [7, 11) is 0. The van der Waals surface area contributed by atoms with Crippen LogP contribution in [-0.4, -0.2) is 56.4 Å². The van der Waals surface area contributed by atoms with Crippen molar-refractivity contribution in [3.63, 3.8) is 0 Å². The number of carbonyl (C=O) groups excluding carboxylic acids is 1. The molecule has 0 radical (unpaired) electrons. The number of anilines is 1. The number of benzene rings is 2. The SMILES string of the molecule is O=C(C1CC2(CO1)CN(Cc1ccccc1)c1ccccc12)N1CCOCC1. The van der Waals surface area contributed by atoms with Gasteiger partial charge in [0, 0.05) is 37.3 Å². The molecule has 0 N–H and O–H groups in total. The summed E-state index contributed by atoms with van der Waals surface area (Å²) in [4.78, 5) is 17.3. The lowest BCUT2D eigenvalue weighted by molar-refractivity contribution is -0.144. The number of carbonyl (C=O) groups is 1. The number of para-hydroxylation sites is 1. The topological polar surface area (TPSA) is 42.0 Å². The van der Waals surface area contributed by atoms with E-state index >= 15 is 0 Å². The first-order valence-corrected chi connectivity index (χ1v) is 10.1. The summed E-state index contributed by atoms with van der Waals surface area (Å²) in [5.41, 5.74) is 3.80. The largest absolute Gasteiger partial charge is 0.378 e. The van der Waals surface area contributed by atoms with Crippen LogP contribution in [0.5, 0.6) is 0 Å². The summed E-state index contributed by atoms with van der Waals surface area (Å²) in [5.74, 6) is 0.124. The van der Waals surface area contributed by atoms with Gasteiger partial charge in [-0.3, -0.25) is 4.79 Å². The highest BCUT2D eigenvalue weighted by atomic mass is 16.5. The highest BCUT2D eigenvalue weighted by Gasteiger charge is 2.50. The molecule has 3 heterocycles. The smallest absolute Gasteiger partial charge is 0.251 e. The lowest BCUT2D eigenvalue weighted by atomic mass is 9.80. The predicted molar refractivity (Wildman–Crippen MR) is 107 cm³/mol. The zero-order valence-electron chi connectivity index (χ0n) is 16.0. The Morgan fingerprint density at radius 3 is 2.61 bits per heavy atom. The van der Waals surface area contributed by atoms with Gasteiger partial charge in [0.1, 0.15) is 6.10 Å². The predicted octanol–water partition coefficient (Wildman–Crippen LogP) is 2.59. The van der Waals surface area contributed by atoms with Gasteiger partial charge in [0.15, 0.2) is 0 Å². The first-order valence-electron chi connectivity index (χ1n) is 10.1. The van der Waals surface area contributed by atoms with Crippen molar-refractivity contribution in [1.29, 1.82) is 0 Å². The minimum atomic E-state index is -0.345. The summed E-state index contributed by atoms with van der Waals surface area (Å²) in [6.45, 7) is 4.96. The number of nitrogens with zero attached hydrogens (tertiary/aromatic N) is 2. The molecule has 0 aromatic heterocycles. The van der Waals surface area contributed by atoms with Crippen molar-refractivity contribution in [3.8, 4) is 0 Å². The van der Waals surface area contributed by atoms with E-state index in [1.807, 2.05) is 4.90 Å². The maximum atomic E-state index is 13.0. The molecule has 2 aromatic carbocycles. The van der Waals surface area contributed by atoms with E-state index in [4.69, 9.17) is 9.47 Å². The lowest BCUT2D eigenvalue weighted by Gasteiger charge is -2.29. The minimum Gasteiger partial charge on any atom is -0.378 e. The van der Waals surface area contributed by atoms with Crippen LogP contribution in [0.3, 0.4) is 0 Å². The van der Waals surface area contributed by atoms with Gasteiger partial charge in [0.05, 0.1) is 19.8 Å². The zero-order chi connectivity index (χ0) is 19.0. The third-order valence-electron chi connectivity index (χ3n) is 6.26. The zero-order valence-corrected chi connectivity index (χ0v) is 16.0. The maximum Gasteiger partial charge on any atom is 0.251 e. The van der Waals surface area contributed by atoms with Crippen LogP contribution in [0.25, 0.3) is 0 Å². The molecule has 3 aliphatic rings. The van der Waals surface area contributed by atoms with Gasteiger partial charge in [0.25, 0.3) is 5.91 Å². The van der Waals surface area contributed by atoms with Crippen molar-refractivity contribution in [2.75, 3.05) is 44.4 Å². The monoisotopic (exact) mass is 378 g/mol. The van der Waals surface area contributed by atoms with E-state index in [2.05, 4.69) is 59.5 Å². The van der Waals surface area contributed by atoms with Gasteiger partial charge < -0.3 is 19.3 Å². The van der Waals surface area contributed by atoms with E-state index in [9.17, 15) is 4.79 Å². The standard InChI is InChI=1S/C23H26N2O3/c26-22(24-10-12-27-13-11-24)21-14-23(17-28-21)16-25(15-18-6-2-1-3-7-18)20-9-5-4-8-19(20)23/h1-9,21H,10-17H2. The fraction of sp³-hybridized carbons (Fsp3) is 0.435. The van der Waals surface area contributed by atoms with Gasteiger partial charge in [-0.15, -0.1) is 0 Å². The number of fused-ring (bicyclic) bond motifs is 2. The van der Waals surface area contributed by atoms with Crippen LogP contribution in [0.1, 0.15) is 17.5 Å². The van der Waals surface area contributed by atoms with E-state index in [0.29, 0.717) is 32.9 Å². The van der Waals surface area contributed by atoms with E-state index in [-0.39, 0.29) is 17.4 Å². The Morgan fingerprint density at radius 2 is 1.79 bits per heavy atom. The van der Waals surface area contributed by atoms with E-state index < -0.39 is 0 Å². The minimum absolute atomic E-state index is 0.0992. The number of morpholine rings is 1. The molecule has 5 nitrogen and oxygen atoms in total. The van der Waals surface area contributed by atoms with Gasteiger partial charge in [-0.05, 0) is 23.6 Å². The molecule has 2 fully saturated rings. The van der Waals surface area contributed by atoms with E-state index in [0.717, 1.165) is 19.5 Å². The molecule has 2 saturated heterocycles. The number of ether oxygens (including phenoxy) is 2. The number of hydrogen-bond donors (Lipinski definition) is 0. The van der Waals surface area contributed by atoms with Crippen molar-refractivity contribution in [1.82, 2.24) is 4.90 Å².